The van der Waals surface area contributed by atoms with Gasteiger partial charge in [-0.3, -0.25) is 14.2 Å². The minimum atomic E-state index is -0.131. The van der Waals surface area contributed by atoms with Gasteiger partial charge in [0, 0.05) is 79.8 Å². The number of hydrogen-bond acceptors (Lipinski definition) is 11. The number of fused-ring (bicyclic) bond motifs is 2. The highest BCUT2D eigenvalue weighted by Crippen LogP contribution is 2.40. The van der Waals surface area contributed by atoms with E-state index in [1.807, 2.05) is 58.3 Å². The number of aromatic nitrogens is 9. The molecule has 15 nitrogen and oxygen atoms in total. The van der Waals surface area contributed by atoms with Crippen LogP contribution in [0.5, 0.6) is 0 Å². The summed E-state index contributed by atoms with van der Waals surface area (Å²) < 4.78 is 11.5. The van der Waals surface area contributed by atoms with E-state index >= 15 is 0 Å². The Morgan fingerprint density at radius 3 is 2.03 bits per heavy atom. The lowest BCUT2D eigenvalue weighted by atomic mass is 10.0. The molecule has 1 N–H and O–H groups in total. The molecular formula is C48H45N14OS2+. The lowest BCUT2D eigenvalue weighted by Crippen LogP contribution is -2.36. The maximum Gasteiger partial charge on any atom is 0.251 e. The summed E-state index contributed by atoms with van der Waals surface area (Å²) in [5, 5.41) is 50.0. The zero-order valence-corrected chi connectivity index (χ0v) is 38.1. The molecule has 10 rings (SSSR count). The van der Waals surface area contributed by atoms with Crippen LogP contribution in [0.4, 0.5) is 0 Å². The molecule has 2 saturated heterocycles. The van der Waals surface area contributed by atoms with Crippen LogP contribution >= 0.6 is 23.5 Å². The first-order valence-corrected chi connectivity index (χ1v) is 23.2. The summed E-state index contributed by atoms with van der Waals surface area (Å²) in [5.41, 5.74) is 9.02. The zero-order chi connectivity index (χ0) is 44.9. The van der Waals surface area contributed by atoms with E-state index in [-0.39, 0.29) is 5.56 Å². The normalized spacial score (nSPS) is 15.1. The van der Waals surface area contributed by atoms with E-state index in [2.05, 4.69) is 75.9 Å². The van der Waals surface area contributed by atoms with Crippen molar-refractivity contribution in [2.45, 2.75) is 71.3 Å². The van der Waals surface area contributed by atoms with E-state index in [0.29, 0.717) is 50.4 Å². The highest BCUT2D eigenvalue weighted by atomic mass is 32.2. The summed E-state index contributed by atoms with van der Waals surface area (Å²) in [6.45, 7) is 8.14. The molecule has 7 aromatic heterocycles. The highest BCUT2D eigenvalue weighted by molar-refractivity contribution is 7.99. The van der Waals surface area contributed by atoms with Crippen LogP contribution in [-0.2, 0) is 7.05 Å². The van der Waals surface area contributed by atoms with Crippen molar-refractivity contribution in [3.05, 3.63) is 124 Å². The van der Waals surface area contributed by atoms with Gasteiger partial charge in [0.05, 0.1) is 58.5 Å². The fourth-order valence-electron chi connectivity index (χ4n) is 9.28. The maximum absolute atomic E-state index is 12.8. The Morgan fingerprint density at radius 1 is 0.708 bits per heavy atom. The molecule has 65 heavy (non-hydrogen) atoms. The second-order valence-corrected chi connectivity index (χ2v) is 18.9. The van der Waals surface area contributed by atoms with Crippen molar-refractivity contribution in [1.82, 2.24) is 48.5 Å². The van der Waals surface area contributed by atoms with E-state index in [4.69, 9.17) is 10.2 Å². The Kier molecular flexibility index (Phi) is 11.1. The molecule has 2 fully saturated rings. The number of nitrogens with one attached hydrogen (secondary N) is 1. The second-order valence-electron chi connectivity index (χ2n) is 16.8. The highest BCUT2D eigenvalue weighted by Gasteiger charge is 2.28. The second kappa shape index (κ2) is 17.2. The molecule has 0 atom stereocenters. The molecule has 1 aromatic carbocycles. The van der Waals surface area contributed by atoms with Gasteiger partial charge >= 0.3 is 0 Å². The molecule has 0 radical (unpaired) electrons. The van der Waals surface area contributed by atoms with Crippen LogP contribution in [0.3, 0.4) is 0 Å². The number of pyridine rings is 3. The SMILES string of the molecule is Cc1c(-c2cc(Sc3cccc(=O)n3C)c3c(C#N)c[n+](-c4ccc(Sc5cc(-c6cnn(C7CCN(C)CC7)c6C)cn6ncc(C#N)c56)c(C#N)c4)n3c2)cnn1C1CCNCC1. The van der Waals surface area contributed by atoms with Gasteiger partial charge in [-0.1, -0.05) is 34.3 Å². The molecule has 2 aliphatic heterocycles. The smallest absolute Gasteiger partial charge is 0.251 e. The first-order valence-electron chi connectivity index (χ1n) is 21.6. The third-order valence-corrected chi connectivity index (χ3v) is 15.1. The van der Waals surface area contributed by atoms with Gasteiger partial charge in [0.15, 0.2) is 0 Å². The standard InChI is InChI=1S/C48H45N14OS2/c1-30-40(25-55-62(30)38-12-16-56(3)17-13-38)33-19-43(47-35(22-50)24-53-58(47)27-33)64-42-9-8-39(18-32(42)21-49)59-29-36(23-51)48-44(65-46-7-5-6-45(63)57(46)4)20-34(28-60(48)59)41-26-54-61(31(41)2)37-10-14-52-15-11-37/h5-9,18-20,24-29,37-38,52H,10-17H2,1-4H3/q+1. The number of benzene rings is 1. The van der Waals surface area contributed by atoms with Crippen LogP contribution in [0.25, 0.3) is 39.0 Å². The Hall–Kier alpha value is -6.94. The van der Waals surface area contributed by atoms with Crippen molar-refractivity contribution >= 4 is 34.6 Å². The molecule has 0 saturated carbocycles. The summed E-state index contributed by atoms with van der Waals surface area (Å²) in [6, 6.07) is 22.8. The van der Waals surface area contributed by atoms with Gasteiger partial charge in [-0.15, -0.1) is 4.52 Å². The van der Waals surface area contributed by atoms with Gasteiger partial charge in [-0.2, -0.15) is 31.1 Å². The minimum Gasteiger partial charge on any atom is -0.317 e. The molecule has 8 aromatic rings. The quantitative estimate of drug-likeness (QED) is 0.148. The van der Waals surface area contributed by atoms with E-state index in [1.165, 1.54) is 29.6 Å². The average molecular weight is 898 g/mol. The molecule has 0 aliphatic carbocycles. The van der Waals surface area contributed by atoms with Gasteiger partial charge in [0.2, 0.25) is 11.9 Å². The fraction of sp³-hybridized carbons (Fsp3) is 0.292. The molecule has 0 amide bonds. The van der Waals surface area contributed by atoms with Crippen LogP contribution in [0.1, 0.15) is 65.8 Å². The molecule has 9 heterocycles. The summed E-state index contributed by atoms with van der Waals surface area (Å²) in [4.78, 5) is 17.4. The summed E-state index contributed by atoms with van der Waals surface area (Å²) >= 11 is 2.83. The van der Waals surface area contributed by atoms with Gasteiger partial charge in [-0.05, 0) is 97.0 Å². The third kappa shape index (κ3) is 7.58. The maximum atomic E-state index is 12.8. The number of rotatable bonds is 9. The van der Waals surface area contributed by atoms with Crippen molar-refractivity contribution in [1.29, 1.82) is 15.8 Å². The lowest BCUT2D eigenvalue weighted by Gasteiger charge is -2.29. The van der Waals surface area contributed by atoms with Gasteiger partial charge in [0.1, 0.15) is 29.3 Å². The molecule has 17 heteroatoms. The monoisotopic (exact) mass is 897 g/mol. The predicted octanol–water partition coefficient (Wildman–Crippen LogP) is 7.01. The van der Waals surface area contributed by atoms with Crippen molar-refractivity contribution < 1.29 is 4.68 Å². The van der Waals surface area contributed by atoms with Gasteiger partial charge in [0.25, 0.3) is 5.56 Å². The van der Waals surface area contributed by atoms with Crippen molar-refractivity contribution in [3.8, 4) is 46.1 Å². The van der Waals surface area contributed by atoms with E-state index in [1.54, 1.807) is 34.6 Å². The molecule has 0 spiro atoms. The zero-order valence-electron chi connectivity index (χ0n) is 36.4. The van der Waals surface area contributed by atoms with Gasteiger partial charge < -0.3 is 14.8 Å². The first kappa shape index (κ1) is 42.0. The van der Waals surface area contributed by atoms with Crippen LogP contribution < -0.4 is 15.6 Å². The molecule has 0 bridgehead atoms. The molecule has 2 aliphatic rings. The molecule has 0 unspecified atom stereocenters. The minimum absolute atomic E-state index is 0.131. The molecule has 324 valence electrons. The Balaban J connectivity index is 1.07. The fourth-order valence-corrected chi connectivity index (χ4v) is 11.4. The summed E-state index contributed by atoms with van der Waals surface area (Å²) in [7, 11) is 3.90. The van der Waals surface area contributed by atoms with E-state index in [0.717, 1.165) is 100 Å². The number of piperidine rings is 2. The number of nitrogens with zero attached hydrogens (tertiary/aromatic N) is 13. The number of nitriles is 3. The Labute approximate surface area is 383 Å². The number of hydrogen-bond donors (Lipinski definition) is 1. The van der Waals surface area contributed by atoms with Crippen LogP contribution in [0.2, 0.25) is 0 Å². The largest absolute Gasteiger partial charge is 0.317 e. The first-order chi connectivity index (χ1) is 31.6. The van der Waals surface area contributed by atoms with Crippen LogP contribution in [0.15, 0.2) is 110 Å². The summed E-state index contributed by atoms with van der Waals surface area (Å²) in [6.07, 6.45) is 15.2. The van der Waals surface area contributed by atoms with Crippen molar-refractivity contribution in [2.24, 2.45) is 7.05 Å². The van der Waals surface area contributed by atoms with Gasteiger partial charge in [-0.25, -0.2) is 4.52 Å². The molecular weight excluding hydrogens is 853 g/mol. The van der Waals surface area contributed by atoms with E-state index < -0.39 is 0 Å². The van der Waals surface area contributed by atoms with Crippen LogP contribution in [0, 0.1) is 47.8 Å². The topological polar surface area (TPSA) is 170 Å². The van der Waals surface area contributed by atoms with Crippen molar-refractivity contribution in [3.63, 3.8) is 0 Å². The summed E-state index contributed by atoms with van der Waals surface area (Å²) in [5.74, 6) is 0. The van der Waals surface area contributed by atoms with Crippen molar-refractivity contribution in [2.75, 3.05) is 33.2 Å². The Bertz CT molecular complexity index is 3350. The third-order valence-electron chi connectivity index (χ3n) is 12.9. The Morgan fingerprint density at radius 2 is 1.35 bits per heavy atom. The predicted molar refractivity (Wildman–Crippen MR) is 247 cm³/mol. The van der Waals surface area contributed by atoms with Crippen LogP contribution in [-0.4, -0.2) is 76.4 Å². The average Bonchev–Trinajstić information content (AvgIpc) is 4.12. The van der Waals surface area contributed by atoms with E-state index in [9.17, 15) is 20.6 Å². The number of likely N-dealkylation sites (tertiary alicyclic amines) is 1. The lowest BCUT2D eigenvalue weighted by molar-refractivity contribution is -0.667.